The maximum absolute atomic E-state index is 13.0. The molecule has 4 rings (SSSR count). The van der Waals surface area contributed by atoms with Crippen LogP contribution in [0.2, 0.25) is 0 Å². The number of carbonyl (C=O) groups excluding carboxylic acids is 1. The first-order valence-electron chi connectivity index (χ1n) is 9.14. The van der Waals surface area contributed by atoms with Crippen LogP contribution in [0.3, 0.4) is 0 Å². The predicted molar refractivity (Wildman–Crippen MR) is 103 cm³/mol. The van der Waals surface area contributed by atoms with Gasteiger partial charge in [0.05, 0.1) is 18.3 Å². The molecule has 4 heteroatoms. The summed E-state index contributed by atoms with van der Waals surface area (Å²) < 4.78 is 2.21. The molecule has 4 nitrogen and oxygen atoms in total. The van der Waals surface area contributed by atoms with Crippen LogP contribution in [0.15, 0.2) is 72.9 Å². The number of nitrogens with one attached hydrogen (secondary N) is 1. The molecular weight excluding hydrogens is 322 g/mol. The van der Waals surface area contributed by atoms with E-state index in [1.54, 1.807) is 0 Å². The van der Waals surface area contributed by atoms with Crippen LogP contribution in [-0.2, 0) is 6.54 Å². The summed E-state index contributed by atoms with van der Waals surface area (Å²) in [7, 11) is 0. The van der Waals surface area contributed by atoms with E-state index in [9.17, 15) is 4.79 Å². The number of rotatable bonds is 3. The lowest BCUT2D eigenvalue weighted by atomic mass is 10.0. The van der Waals surface area contributed by atoms with Crippen LogP contribution in [0.5, 0.6) is 0 Å². The number of fused-ring (bicyclic) bond motifs is 3. The van der Waals surface area contributed by atoms with Crippen LogP contribution in [0.1, 0.15) is 36.2 Å². The van der Waals surface area contributed by atoms with Crippen molar-refractivity contribution in [2.45, 2.75) is 25.9 Å². The molecule has 1 aliphatic rings. The summed E-state index contributed by atoms with van der Waals surface area (Å²) in [6.07, 6.45) is 3.00. The minimum Gasteiger partial charge on any atom is -0.338 e. The quantitative estimate of drug-likeness (QED) is 0.745. The van der Waals surface area contributed by atoms with Crippen LogP contribution < -0.4 is 5.32 Å². The van der Waals surface area contributed by atoms with Crippen molar-refractivity contribution in [1.82, 2.24) is 14.8 Å². The molecule has 0 bridgehead atoms. The number of benzene rings is 2. The number of aromatic nitrogens is 1. The van der Waals surface area contributed by atoms with Gasteiger partial charge in [0, 0.05) is 18.4 Å². The molecule has 1 aromatic heterocycles. The standard InChI is InChI=1S/C22H23N3O/c1-2-14-23-22(26)25-16-18-11-6-7-12-19(18)24-15-8-13-20(24)21(25)17-9-4-3-5-10-17/h3-13,15,21H,2,14,16H2,1H3,(H,23,26)/t21-/m1/s1. The molecule has 0 fully saturated rings. The van der Waals surface area contributed by atoms with E-state index in [2.05, 4.69) is 59.4 Å². The Labute approximate surface area is 154 Å². The Kier molecular flexibility index (Phi) is 4.48. The number of carbonyl (C=O) groups is 1. The fourth-order valence-corrected chi connectivity index (χ4v) is 3.66. The molecule has 1 aliphatic heterocycles. The molecule has 132 valence electrons. The summed E-state index contributed by atoms with van der Waals surface area (Å²) in [5.41, 5.74) is 4.51. The van der Waals surface area contributed by atoms with Gasteiger partial charge in [0.2, 0.25) is 0 Å². The van der Waals surface area contributed by atoms with Crippen molar-refractivity contribution >= 4 is 6.03 Å². The highest BCUT2D eigenvalue weighted by Crippen LogP contribution is 2.36. The average Bonchev–Trinajstić information content (AvgIpc) is 3.11. The zero-order valence-electron chi connectivity index (χ0n) is 14.9. The van der Waals surface area contributed by atoms with E-state index in [0.29, 0.717) is 13.1 Å². The summed E-state index contributed by atoms with van der Waals surface area (Å²) in [6, 6.07) is 22.6. The van der Waals surface area contributed by atoms with Gasteiger partial charge in [-0.3, -0.25) is 0 Å². The van der Waals surface area contributed by atoms with Gasteiger partial charge in [-0.15, -0.1) is 0 Å². The third-order valence-corrected chi connectivity index (χ3v) is 4.87. The molecule has 3 aromatic rings. The summed E-state index contributed by atoms with van der Waals surface area (Å²) in [6.45, 7) is 3.32. The number of hydrogen-bond acceptors (Lipinski definition) is 1. The molecular formula is C22H23N3O. The monoisotopic (exact) mass is 345 g/mol. The predicted octanol–water partition coefficient (Wildman–Crippen LogP) is 4.50. The molecule has 2 heterocycles. The van der Waals surface area contributed by atoms with Crippen molar-refractivity contribution in [2.24, 2.45) is 0 Å². The Morgan fingerprint density at radius 2 is 1.81 bits per heavy atom. The average molecular weight is 345 g/mol. The van der Waals surface area contributed by atoms with Gasteiger partial charge in [-0.1, -0.05) is 55.5 Å². The molecule has 0 saturated heterocycles. The number of nitrogens with zero attached hydrogens (tertiary/aromatic N) is 2. The first-order chi connectivity index (χ1) is 12.8. The normalized spacial score (nSPS) is 15.7. The number of urea groups is 1. The third kappa shape index (κ3) is 2.88. The van der Waals surface area contributed by atoms with Crippen LogP contribution in [-0.4, -0.2) is 22.0 Å². The lowest BCUT2D eigenvalue weighted by Gasteiger charge is -2.31. The van der Waals surface area contributed by atoms with Gasteiger partial charge < -0.3 is 14.8 Å². The van der Waals surface area contributed by atoms with E-state index in [1.807, 2.05) is 35.2 Å². The lowest BCUT2D eigenvalue weighted by molar-refractivity contribution is 0.180. The fourth-order valence-electron chi connectivity index (χ4n) is 3.66. The molecule has 26 heavy (non-hydrogen) atoms. The Hall–Kier alpha value is -3.01. The summed E-state index contributed by atoms with van der Waals surface area (Å²) in [5, 5.41) is 3.06. The summed E-state index contributed by atoms with van der Waals surface area (Å²) in [5.74, 6) is 0. The lowest BCUT2D eigenvalue weighted by Crippen LogP contribution is -2.42. The molecule has 1 N–H and O–H groups in total. The Morgan fingerprint density at radius 1 is 1.04 bits per heavy atom. The highest BCUT2D eigenvalue weighted by molar-refractivity contribution is 5.76. The maximum atomic E-state index is 13.0. The second kappa shape index (κ2) is 7.08. The zero-order chi connectivity index (χ0) is 17.9. The molecule has 0 aliphatic carbocycles. The van der Waals surface area contributed by atoms with Crippen molar-refractivity contribution in [3.05, 3.63) is 89.7 Å². The van der Waals surface area contributed by atoms with Crippen molar-refractivity contribution < 1.29 is 4.79 Å². The molecule has 0 spiro atoms. The highest BCUT2D eigenvalue weighted by atomic mass is 16.2. The topological polar surface area (TPSA) is 37.3 Å². The van der Waals surface area contributed by atoms with E-state index in [-0.39, 0.29) is 12.1 Å². The van der Waals surface area contributed by atoms with Crippen molar-refractivity contribution in [1.29, 1.82) is 0 Å². The second-order valence-corrected chi connectivity index (χ2v) is 6.60. The smallest absolute Gasteiger partial charge is 0.318 e. The van der Waals surface area contributed by atoms with Gasteiger partial charge in [0.1, 0.15) is 0 Å². The molecule has 0 unspecified atom stereocenters. The third-order valence-electron chi connectivity index (χ3n) is 4.87. The largest absolute Gasteiger partial charge is 0.338 e. The van der Waals surface area contributed by atoms with Crippen molar-refractivity contribution in [2.75, 3.05) is 6.54 Å². The van der Waals surface area contributed by atoms with Crippen LogP contribution in [0.25, 0.3) is 5.69 Å². The highest BCUT2D eigenvalue weighted by Gasteiger charge is 2.32. The van der Waals surface area contributed by atoms with E-state index in [1.165, 1.54) is 0 Å². The Morgan fingerprint density at radius 3 is 2.62 bits per heavy atom. The molecule has 1 atom stereocenters. The summed E-state index contributed by atoms with van der Waals surface area (Å²) in [4.78, 5) is 15.0. The van der Waals surface area contributed by atoms with E-state index in [4.69, 9.17) is 0 Å². The van der Waals surface area contributed by atoms with Crippen molar-refractivity contribution in [3.8, 4) is 5.69 Å². The van der Waals surface area contributed by atoms with E-state index >= 15 is 0 Å². The Bertz CT molecular complexity index is 901. The maximum Gasteiger partial charge on any atom is 0.318 e. The summed E-state index contributed by atoms with van der Waals surface area (Å²) >= 11 is 0. The van der Waals surface area contributed by atoms with E-state index in [0.717, 1.165) is 28.9 Å². The molecule has 0 radical (unpaired) electrons. The van der Waals surface area contributed by atoms with Gasteiger partial charge in [0.15, 0.2) is 0 Å². The fraction of sp³-hybridized carbons (Fsp3) is 0.227. The Balaban J connectivity index is 1.87. The molecule has 0 saturated carbocycles. The van der Waals surface area contributed by atoms with Gasteiger partial charge >= 0.3 is 6.03 Å². The van der Waals surface area contributed by atoms with Crippen LogP contribution in [0.4, 0.5) is 4.79 Å². The van der Waals surface area contributed by atoms with Gasteiger partial charge in [0.25, 0.3) is 0 Å². The van der Waals surface area contributed by atoms with Crippen LogP contribution in [0, 0.1) is 0 Å². The molecule has 2 aromatic carbocycles. The zero-order valence-corrected chi connectivity index (χ0v) is 14.9. The first-order valence-corrected chi connectivity index (χ1v) is 9.14. The SMILES string of the molecule is CCCNC(=O)N1Cc2ccccc2-n2cccc2[C@H]1c1ccccc1. The minimum atomic E-state index is -0.129. The number of para-hydroxylation sites is 1. The minimum absolute atomic E-state index is 0.0230. The van der Waals surface area contributed by atoms with Crippen molar-refractivity contribution in [3.63, 3.8) is 0 Å². The van der Waals surface area contributed by atoms with Gasteiger partial charge in [-0.2, -0.15) is 0 Å². The second-order valence-electron chi connectivity index (χ2n) is 6.60. The molecule has 2 amide bonds. The first kappa shape index (κ1) is 16.5. The van der Waals surface area contributed by atoms with Gasteiger partial charge in [-0.05, 0) is 35.7 Å². The van der Waals surface area contributed by atoms with Gasteiger partial charge in [-0.25, -0.2) is 4.79 Å². The number of hydrogen-bond donors (Lipinski definition) is 1. The van der Waals surface area contributed by atoms with E-state index < -0.39 is 0 Å². The number of amides is 2. The van der Waals surface area contributed by atoms with Crippen LogP contribution >= 0.6 is 0 Å².